The van der Waals surface area contributed by atoms with E-state index in [1.807, 2.05) is 13.8 Å². The Balaban J connectivity index is 1.45. The zero-order valence-electron chi connectivity index (χ0n) is 18.2. The van der Waals surface area contributed by atoms with Crippen molar-refractivity contribution in [2.45, 2.75) is 65.5 Å². The smallest absolute Gasteiger partial charge is 0.326 e. The first-order valence-electron chi connectivity index (χ1n) is 10.6. The number of carbonyl (C=O) groups excluding carboxylic acids is 2. The Morgan fingerprint density at radius 2 is 1.73 bits per heavy atom. The average Bonchev–Trinajstić information content (AvgIpc) is 2.92. The van der Waals surface area contributed by atoms with Crippen LogP contribution in [0.1, 0.15) is 47.5 Å². The van der Waals surface area contributed by atoms with Gasteiger partial charge in [-0.25, -0.2) is 18.4 Å². The summed E-state index contributed by atoms with van der Waals surface area (Å²) < 4.78 is 27.6. The number of amides is 3. The van der Waals surface area contributed by atoms with E-state index in [0.717, 1.165) is 0 Å². The average molecular weight is 427 g/mol. The highest BCUT2D eigenvalue weighted by atomic mass is 19.3. The fourth-order valence-corrected chi connectivity index (χ4v) is 5.71. The summed E-state index contributed by atoms with van der Waals surface area (Å²) in [5, 5.41) is 12.5. The largest absolute Gasteiger partial charge is 0.480 e. The minimum Gasteiger partial charge on any atom is -0.480 e. The van der Waals surface area contributed by atoms with Gasteiger partial charge in [0, 0.05) is 32.0 Å². The number of rotatable bonds is 3. The minimum atomic E-state index is -2.74. The maximum Gasteiger partial charge on any atom is 0.326 e. The number of carboxylic acid groups (broad SMARTS) is 1. The van der Waals surface area contributed by atoms with Crippen molar-refractivity contribution >= 4 is 17.9 Å². The lowest BCUT2D eigenvalue weighted by atomic mass is 9.60. The molecule has 0 aromatic carbocycles. The number of hydrogen-bond donors (Lipinski definition) is 2. The minimum absolute atomic E-state index is 0.0172. The third-order valence-corrected chi connectivity index (χ3v) is 8.09. The van der Waals surface area contributed by atoms with E-state index >= 15 is 0 Å². The molecule has 0 bridgehead atoms. The predicted octanol–water partition coefficient (Wildman–Crippen LogP) is 2.41. The topological polar surface area (TPSA) is 90.0 Å². The molecule has 4 aliphatic rings. The summed E-state index contributed by atoms with van der Waals surface area (Å²) in [5.74, 6) is -4.14. The van der Waals surface area contributed by atoms with Crippen molar-refractivity contribution in [1.29, 1.82) is 0 Å². The van der Waals surface area contributed by atoms with Gasteiger partial charge in [-0.2, -0.15) is 0 Å². The molecule has 0 radical (unpaired) electrons. The molecule has 2 aliphatic carbocycles. The molecule has 0 unspecified atom stereocenters. The number of halogens is 2. The molecule has 0 aromatic rings. The number of nitrogens with one attached hydrogen (secondary N) is 1. The van der Waals surface area contributed by atoms with Crippen LogP contribution in [0.15, 0.2) is 0 Å². The Morgan fingerprint density at radius 3 is 2.17 bits per heavy atom. The summed E-state index contributed by atoms with van der Waals surface area (Å²) >= 11 is 0. The molecule has 3 amide bonds. The summed E-state index contributed by atoms with van der Waals surface area (Å²) in [6.07, 6.45) is 0.258. The Morgan fingerprint density at radius 1 is 1.13 bits per heavy atom. The van der Waals surface area contributed by atoms with E-state index in [2.05, 4.69) is 5.32 Å². The maximum absolute atomic E-state index is 13.8. The number of urea groups is 1. The van der Waals surface area contributed by atoms with Crippen LogP contribution in [0.2, 0.25) is 0 Å². The van der Waals surface area contributed by atoms with Crippen LogP contribution in [0.5, 0.6) is 0 Å². The summed E-state index contributed by atoms with van der Waals surface area (Å²) in [4.78, 5) is 40.7. The molecule has 9 heteroatoms. The molecule has 4 fully saturated rings. The molecule has 0 aromatic heterocycles. The van der Waals surface area contributed by atoms with Crippen molar-refractivity contribution < 1.29 is 28.3 Å². The van der Waals surface area contributed by atoms with Crippen LogP contribution in [0.25, 0.3) is 0 Å². The number of carbonyl (C=O) groups is 3. The van der Waals surface area contributed by atoms with Crippen LogP contribution in [-0.2, 0) is 9.59 Å². The van der Waals surface area contributed by atoms with Crippen molar-refractivity contribution in [3.05, 3.63) is 0 Å². The van der Waals surface area contributed by atoms with Crippen LogP contribution in [0.4, 0.5) is 13.6 Å². The van der Waals surface area contributed by atoms with Crippen LogP contribution >= 0.6 is 0 Å². The lowest BCUT2D eigenvalue weighted by Gasteiger charge is -2.59. The molecule has 2 N–H and O–H groups in total. The first-order valence-corrected chi connectivity index (χ1v) is 10.6. The second-order valence-corrected chi connectivity index (χ2v) is 11.3. The summed E-state index contributed by atoms with van der Waals surface area (Å²) in [6.45, 7) is 9.73. The molecular weight excluding hydrogens is 396 g/mol. The van der Waals surface area contributed by atoms with Crippen molar-refractivity contribution in [2.24, 2.45) is 28.1 Å². The van der Waals surface area contributed by atoms with Gasteiger partial charge in [0.25, 0.3) is 5.92 Å². The van der Waals surface area contributed by atoms with E-state index in [9.17, 15) is 28.3 Å². The van der Waals surface area contributed by atoms with E-state index in [0.29, 0.717) is 13.0 Å². The van der Waals surface area contributed by atoms with Gasteiger partial charge < -0.3 is 20.2 Å². The highest BCUT2D eigenvalue weighted by molar-refractivity contribution is 5.92. The van der Waals surface area contributed by atoms with E-state index < -0.39 is 46.7 Å². The van der Waals surface area contributed by atoms with Gasteiger partial charge in [0.15, 0.2) is 0 Å². The number of alkyl halides is 2. The lowest BCUT2D eigenvalue weighted by Crippen LogP contribution is -2.73. The summed E-state index contributed by atoms with van der Waals surface area (Å²) in [6, 6.07) is -2.39. The van der Waals surface area contributed by atoms with Gasteiger partial charge in [0.05, 0.1) is 5.41 Å². The molecule has 2 heterocycles. The second-order valence-electron chi connectivity index (χ2n) is 11.3. The number of hydrogen-bond acceptors (Lipinski definition) is 3. The normalized spacial score (nSPS) is 33.2. The van der Waals surface area contributed by atoms with Gasteiger partial charge in [-0.15, -0.1) is 0 Å². The zero-order chi connectivity index (χ0) is 22.4. The van der Waals surface area contributed by atoms with Gasteiger partial charge in [-0.05, 0) is 23.2 Å². The van der Waals surface area contributed by atoms with Gasteiger partial charge >= 0.3 is 12.0 Å². The van der Waals surface area contributed by atoms with Crippen molar-refractivity contribution in [1.82, 2.24) is 15.1 Å². The highest BCUT2D eigenvalue weighted by Gasteiger charge is 2.70. The number of aliphatic carboxylic acids is 1. The van der Waals surface area contributed by atoms with Crippen LogP contribution in [-0.4, -0.2) is 70.5 Å². The summed E-state index contributed by atoms with van der Waals surface area (Å²) in [5.41, 5.74) is -1.89. The van der Waals surface area contributed by atoms with E-state index in [-0.39, 0.29) is 36.8 Å². The fraction of sp³-hybridized carbons (Fsp3) is 0.857. The van der Waals surface area contributed by atoms with Gasteiger partial charge in [-0.3, -0.25) is 4.79 Å². The van der Waals surface area contributed by atoms with Gasteiger partial charge in [0.1, 0.15) is 12.1 Å². The molecule has 2 aliphatic heterocycles. The van der Waals surface area contributed by atoms with Crippen molar-refractivity contribution in [2.75, 3.05) is 19.6 Å². The summed E-state index contributed by atoms with van der Waals surface area (Å²) in [7, 11) is 0. The highest BCUT2D eigenvalue weighted by Crippen LogP contribution is 2.65. The molecule has 2 saturated heterocycles. The maximum atomic E-state index is 13.8. The molecule has 30 heavy (non-hydrogen) atoms. The van der Waals surface area contributed by atoms with Crippen LogP contribution in [0, 0.1) is 28.1 Å². The zero-order valence-corrected chi connectivity index (χ0v) is 18.2. The molecule has 168 valence electrons. The Kier molecular flexibility index (Phi) is 4.31. The number of likely N-dealkylation sites (tertiary alicyclic amines) is 2. The van der Waals surface area contributed by atoms with Crippen LogP contribution < -0.4 is 5.32 Å². The number of nitrogens with zero attached hydrogens (tertiary/aromatic N) is 2. The predicted molar refractivity (Wildman–Crippen MR) is 104 cm³/mol. The van der Waals surface area contributed by atoms with Gasteiger partial charge in [-0.1, -0.05) is 34.6 Å². The van der Waals surface area contributed by atoms with Crippen molar-refractivity contribution in [3.63, 3.8) is 0 Å². The number of piperidine rings is 1. The Bertz CT molecular complexity index is 801. The van der Waals surface area contributed by atoms with E-state index in [1.165, 1.54) is 9.80 Å². The van der Waals surface area contributed by atoms with E-state index in [4.69, 9.17) is 0 Å². The molecule has 2 saturated carbocycles. The third-order valence-electron chi connectivity index (χ3n) is 8.09. The first kappa shape index (κ1) is 21.3. The lowest BCUT2D eigenvalue weighted by molar-refractivity contribution is -0.248. The SMILES string of the molecule is CC(C)(C)[C@H](NC(=O)N1CC2(CCC2(F)F)C1)C(=O)N1C[C@H]2[C@@H]([C@H]1C(=O)O)C2(C)C. The molecule has 1 spiro atoms. The Labute approximate surface area is 175 Å². The van der Waals surface area contributed by atoms with Crippen LogP contribution in [0.3, 0.4) is 0 Å². The standard InChI is InChI=1S/C21H31F2N3O4/c1-18(2,3)14(24-17(30)25-9-20(10-25)6-7-21(20,22)23)15(27)26-8-11-12(19(11,4)5)13(26)16(28)29/h11-14H,6-10H2,1-5H3,(H,24,30)(H,28,29)/t11-,12-,13-,14+/m0/s1. The Hall–Kier alpha value is -1.93. The molecule has 4 atom stereocenters. The number of fused-ring (bicyclic) bond motifs is 1. The first-order chi connectivity index (χ1) is 13.6. The third kappa shape index (κ3) is 2.83. The molecule has 4 rings (SSSR count). The number of carboxylic acids is 1. The quantitative estimate of drug-likeness (QED) is 0.724. The second kappa shape index (κ2) is 6.07. The fourth-order valence-electron chi connectivity index (χ4n) is 5.71. The van der Waals surface area contributed by atoms with Gasteiger partial charge in [0.2, 0.25) is 5.91 Å². The molecular formula is C21H31F2N3O4. The molecule has 7 nitrogen and oxygen atoms in total. The van der Waals surface area contributed by atoms with Crippen molar-refractivity contribution in [3.8, 4) is 0 Å². The van der Waals surface area contributed by atoms with E-state index in [1.54, 1.807) is 20.8 Å². The monoisotopic (exact) mass is 427 g/mol.